The number of aliphatic hydroxyl groups is 1. The Hall–Kier alpha value is -3.25. The summed E-state index contributed by atoms with van der Waals surface area (Å²) in [5, 5.41) is 16.0. The third-order valence-corrected chi connectivity index (χ3v) is 8.83. The van der Waals surface area contributed by atoms with Gasteiger partial charge in [-0.2, -0.15) is 0 Å². The van der Waals surface area contributed by atoms with E-state index in [1.54, 1.807) is 46.8 Å². The van der Waals surface area contributed by atoms with Gasteiger partial charge in [0.2, 0.25) is 5.91 Å². The van der Waals surface area contributed by atoms with Crippen LogP contribution in [-0.4, -0.2) is 75.9 Å². The van der Waals surface area contributed by atoms with E-state index in [0.717, 1.165) is 15.3 Å². The number of rotatable bonds is 10. The van der Waals surface area contributed by atoms with Crippen molar-refractivity contribution in [1.29, 1.82) is 0 Å². The molecule has 2 heterocycles. The molecule has 0 atom stereocenters. The fourth-order valence-corrected chi connectivity index (χ4v) is 5.89. The number of aromatic nitrogens is 1. The van der Waals surface area contributed by atoms with Gasteiger partial charge in [-0.25, -0.2) is 4.98 Å². The average molecular weight is 582 g/mol. The van der Waals surface area contributed by atoms with Crippen molar-refractivity contribution in [3.05, 3.63) is 77.0 Å². The lowest BCUT2D eigenvalue weighted by Gasteiger charge is -2.34. The third-order valence-electron chi connectivity index (χ3n) is 6.65. The summed E-state index contributed by atoms with van der Waals surface area (Å²) in [5.74, 6) is 0.462. The minimum absolute atomic E-state index is 0.0175. The number of nitrogens with zero attached hydrogens (tertiary/aromatic N) is 3. The van der Waals surface area contributed by atoms with Crippen LogP contribution in [0.4, 0.5) is 5.13 Å². The first-order valence-electron chi connectivity index (χ1n) is 13.1. The minimum Gasteiger partial charge on any atom is -0.394 e. The molecular formula is C29H35N5O4S2. The molecule has 40 heavy (non-hydrogen) atoms. The molecule has 4 rings (SSSR count). The molecule has 1 aromatic heterocycles. The second-order valence-corrected chi connectivity index (χ2v) is 12.6. The van der Waals surface area contributed by atoms with Crippen molar-refractivity contribution in [1.82, 2.24) is 20.1 Å². The number of hydrogen-bond donors (Lipinski definition) is 3. The summed E-state index contributed by atoms with van der Waals surface area (Å²) >= 11 is 3.01. The van der Waals surface area contributed by atoms with Crippen LogP contribution in [0.1, 0.15) is 52.6 Å². The molecule has 1 saturated heterocycles. The Balaban J connectivity index is 1.27. The predicted octanol–water partition coefficient (Wildman–Crippen LogP) is 3.85. The summed E-state index contributed by atoms with van der Waals surface area (Å²) in [5.41, 5.74) is 2.86. The number of benzene rings is 2. The molecule has 1 fully saturated rings. The summed E-state index contributed by atoms with van der Waals surface area (Å²) in [6, 6.07) is 15.0. The molecular weight excluding hydrogens is 546 g/mol. The van der Waals surface area contributed by atoms with Gasteiger partial charge in [-0.3, -0.25) is 19.7 Å². The Morgan fingerprint density at radius 3 is 2.38 bits per heavy atom. The Labute approximate surface area is 243 Å². The zero-order chi connectivity index (χ0) is 28.7. The summed E-state index contributed by atoms with van der Waals surface area (Å²) in [4.78, 5) is 45.1. The zero-order valence-electron chi connectivity index (χ0n) is 23.0. The molecule has 0 radical (unpaired) electrons. The van der Waals surface area contributed by atoms with Crippen molar-refractivity contribution in [3.63, 3.8) is 0 Å². The molecule has 2 aromatic carbocycles. The molecule has 0 bridgehead atoms. The Morgan fingerprint density at radius 2 is 1.70 bits per heavy atom. The molecule has 0 aliphatic carbocycles. The van der Waals surface area contributed by atoms with E-state index in [1.807, 2.05) is 50.2 Å². The van der Waals surface area contributed by atoms with Crippen LogP contribution in [0.3, 0.4) is 0 Å². The second kappa shape index (κ2) is 13.4. The van der Waals surface area contributed by atoms with E-state index >= 15 is 0 Å². The van der Waals surface area contributed by atoms with Gasteiger partial charge in [-0.1, -0.05) is 35.6 Å². The van der Waals surface area contributed by atoms with E-state index < -0.39 is 0 Å². The summed E-state index contributed by atoms with van der Waals surface area (Å²) in [6.45, 7) is 8.24. The van der Waals surface area contributed by atoms with Crippen LogP contribution in [0, 0.1) is 0 Å². The first kappa shape index (κ1) is 29.7. The van der Waals surface area contributed by atoms with E-state index in [9.17, 15) is 19.5 Å². The normalized spacial score (nSPS) is 13.8. The Bertz CT molecular complexity index is 1330. The van der Waals surface area contributed by atoms with Crippen molar-refractivity contribution in [3.8, 4) is 0 Å². The smallest absolute Gasteiger partial charge is 0.257 e. The maximum absolute atomic E-state index is 13.0. The van der Waals surface area contributed by atoms with Crippen molar-refractivity contribution in [2.75, 3.05) is 38.1 Å². The van der Waals surface area contributed by atoms with E-state index in [0.29, 0.717) is 54.7 Å². The first-order chi connectivity index (χ1) is 19.1. The molecule has 9 nitrogen and oxygen atoms in total. The van der Waals surface area contributed by atoms with E-state index in [2.05, 4.69) is 15.6 Å². The van der Waals surface area contributed by atoms with Crippen molar-refractivity contribution < 1.29 is 19.5 Å². The van der Waals surface area contributed by atoms with Crippen molar-refractivity contribution >= 4 is 46.0 Å². The number of anilines is 1. The van der Waals surface area contributed by atoms with Crippen molar-refractivity contribution in [2.45, 2.75) is 42.8 Å². The number of aliphatic hydroxyl groups excluding tert-OH is 1. The van der Waals surface area contributed by atoms with Crippen LogP contribution < -0.4 is 10.6 Å². The largest absolute Gasteiger partial charge is 0.394 e. The second-order valence-electron chi connectivity index (χ2n) is 10.3. The first-order valence-corrected chi connectivity index (χ1v) is 14.9. The number of carbonyl (C=O) groups is 3. The van der Waals surface area contributed by atoms with Gasteiger partial charge in [0, 0.05) is 62.1 Å². The molecule has 212 valence electrons. The average Bonchev–Trinajstić information content (AvgIpc) is 3.42. The van der Waals surface area contributed by atoms with Gasteiger partial charge in [0.25, 0.3) is 11.8 Å². The van der Waals surface area contributed by atoms with E-state index in [-0.39, 0.29) is 29.9 Å². The zero-order valence-corrected chi connectivity index (χ0v) is 24.6. The fraction of sp³-hybridized carbons (Fsp3) is 0.379. The van der Waals surface area contributed by atoms with Crippen LogP contribution in [0.5, 0.6) is 0 Å². The number of piperazine rings is 1. The molecule has 3 N–H and O–H groups in total. The van der Waals surface area contributed by atoms with Gasteiger partial charge in [0.15, 0.2) is 5.13 Å². The maximum Gasteiger partial charge on any atom is 0.257 e. The number of thiazole rings is 1. The molecule has 0 unspecified atom stereocenters. The lowest BCUT2D eigenvalue weighted by atomic mass is 10.1. The summed E-state index contributed by atoms with van der Waals surface area (Å²) in [6.07, 6.45) is 1.74. The topological polar surface area (TPSA) is 115 Å². The third kappa shape index (κ3) is 8.14. The maximum atomic E-state index is 13.0. The lowest BCUT2D eigenvalue weighted by molar-refractivity contribution is -0.130. The Kier molecular flexibility index (Phi) is 9.96. The standard InChI is InChI=1S/C29H35N5O4S2/c1-20(36)33-11-13-34(14-12-33)27(38)24-6-4-5-22(15-24)18-39-25-17-30-28(40-25)32-26(37)23-9-7-21(8-10-23)16-31-29(2,3)19-35/h4-10,15,17,31,35H,11-14,16,18-19H2,1-3H3,(H,30,32,37). The number of amides is 3. The van der Waals surface area contributed by atoms with Crippen LogP contribution in [0.15, 0.2) is 58.9 Å². The SMILES string of the molecule is CC(=O)N1CCN(C(=O)c2cccc(CSc3cnc(NC(=O)c4ccc(CNC(C)(C)CO)cc4)s3)c2)CC1. The number of hydrogen-bond acceptors (Lipinski definition) is 8. The fourth-order valence-electron chi connectivity index (χ4n) is 4.08. The molecule has 1 aliphatic heterocycles. The molecule has 11 heteroatoms. The van der Waals surface area contributed by atoms with Crippen LogP contribution in [0.25, 0.3) is 0 Å². The monoisotopic (exact) mass is 581 g/mol. The van der Waals surface area contributed by atoms with Gasteiger partial charge in [-0.05, 0) is 49.2 Å². The predicted molar refractivity (Wildman–Crippen MR) is 159 cm³/mol. The van der Waals surface area contributed by atoms with Crippen molar-refractivity contribution in [2.24, 2.45) is 0 Å². The Morgan fingerprint density at radius 1 is 1.00 bits per heavy atom. The highest BCUT2D eigenvalue weighted by molar-refractivity contribution is 8.00. The van der Waals surface area contributed by atoms with Gasteiger partial charge >= 0.3 is 0 Å². The minimum atomic E-state index is -0.370. The van der Waals surface area contributed by atoms with Gasteiger partial charge < -0.3 is 20.2 Å². The number of carbonyl (C=O) groups excluding carboxylic acids is 3. The molecule has 0 saturated carbocycles. The van der Waals surface area contributed by atoms with Crippen LogP contribution >= 0.6 is 23.1 Å². The van der Waals surface area contributed by atoms with Crippen LogP contribution in [-0.2, 0) is 17.1 Å². The van der Waals surface area contributed by atoms with E-state index in [1.165, 1.54) is 11.3 Å². The molecule has 1 aliphatic rings. The molecule has 3 aromatic rings. The highest BCUT2D eigenvalue weighted by atomic mass is 32.2. The number of thioether (sulfide) groups is 1. The van der Waals surface area contributed by atoms with Gasteiger partial charge in [0.05, 0.1) is 17.0 Å². The lowest BCUT2D eigenvalue weighted by Crippen LogP contribution is -2.50. The van der Waals surface area contributed by atoms with E-state index in [4.69, 9.17) is 0 Å². The highest BCUT2D eigenvalue weighted by Gasteiger charge is 2.23. The summed E-state index contributed by atoms with van der Waals surface area (Å²) in [7, 11) is 0. The van der Waals surface area contributed by atoms with Crippen LogP contribution in [0.2, 0.25) is 0 Å². The van der Waals surface area contributed by atoms with Gasteiger partial charge in [-0.15, -0.1) is 11.8 Å². The van der Waals surface area contributed by atoms with Gasteiger partial charge in [0.1, 0.15) is 0 Å². The summed E-state index contributed by atoms with van der Waals surface area (Å²) < 4.78 is 0.959. The highest BCUT2D eigenvalue weighted by Crippen LogP contribution is 2.31. The molecule has 0 spiro atoms. The number of nitrogens with one attached hydrogen (secondary N) is 2. The quantitative estimate of drug-likeness (QED) is 0.312. The molecule has 3 amide bonds.